The molecule has 0 radical (unpaired) electrons. The van der Waals surface area contributed by atoms with Gasteiger partial charge in [0.1, 0.15) is 6.10 Å². The topological polar surface area (TPSA) is 62.2 Å². The van der Waals surface area contributed by atoms with E-state index >= 15 is 0 Å². The highest BCUT2D eigenvalue weighted by Gasteiger charge is 2.63. The van der Waals surface area contributed by atoms with Gasteiger partial charge in [0.05, 0.1) is 24.7 Å². The molecule has 1 heterocycles. The van der Waals surface area contributed by atoms with Crippen molar-refractivity contribution < 1.29 is 19.7 Å². The highest BCUT2D eigenvalue weighted by molar-refractivity contribution is 5.60. The molecule has 2 fully saturated rings. The van der Waals surface area contributed by atoms with Crippen LogP contribution in [0.4, 0.5) is 0 Å². The van der Waals surface area contributed by atoms with Crippen molar-refractivity contribution in [2.75, 3.05) is 20.7 Å². The molecule has 142 valence electrons. The van der Waals surface area contributed by atoms with Gasteiger partial charge in [-0.2, -0.15) is 0 Å². The fourth-order valence-electron chi connectivity index (χ4n) is 6.02. The van der Waals surface area contributed by atoms with Crippen LogP contribution in [-0.4, -0.2) is 59.7 Å². The van der Waals surface area contributed by atoms with E-state index in [1.54, 1.807) is 7.11 Å². The van der Waals surface area contributed by atoms with Gasteiger partial charge in [-0.05, 0) is 56.2 Å². The molecule has 1 aliphatic heterocycles. The van der Waals surface area contributed by atoms with E-state index in [4.69, 9.17) is 9.47 Å². The van der Waals surface area contributed by atoms with Gasteiger partial charge in [-0.1, -0.05) is 13.0 Å². The molecule has 0 amide bonds. The molecule has 5 rings (SSSR count). The average molecular weight is 359 g/mol. The normalized spacial score (nSPS) is 40.3. The highest BCUT2D eigenvalue weighted by atomic mass is 16.5. The maximum atomic E-state index is 12.0. The number of methoxy groups -OCH3 is 1. The summed E-state index contributed by atoms with van der Waals surface area (Å²) in [6, 6.07) is 4.14. The molecule has 26 heavy (non-hydrogen) atoms. The van der Waals surface area contributed by atoms with Crippen molar-refractivity contribution in [1.82, 2.24) is 4.90 Å². The maximum Gasteiger partial charge on any atom is 0.165 e. The number of likely N-dealkylation sites (N-methyl/N-ethyl adjacent to an activating group) is 1. The zero-order chi connectivity index (χ0) is 18.2. The van der Waals surface area contributed by atoms with Crippen molar-refractivity contribution in [2.45, 2.75) is 68.3 Å². The number of aliphatic hydroxyl groups excluding tert-OH is 1. The zero-order valence-electron chi connectivity index (χ0n) is 15.8. The van der Waals surface area contributed by atoms with Crippen molar-refractivity contribution >= 4 is 0 Å². The zero-order valence-corrected chi connectivity index (χ0v) is 15.8. The van der Waals surface area contributed by atoms with Gasteiger partial charge in [0.25, 0.3) is 0 Å². The molecule has 4 aliphatic rings. The molecular formula is C21H29NO4. The third-order valence-corrected chi connectivity index (χ3v) is 7.26. The van der Waals surface area contributed by atoms with Crippen LogP contribution < -0.4 is 9.47 Å². The molecule has 5 heteroatoms. The molecule has 5 nitrogen and oxygen atoms in total. The van der Waals surface area contributed by atoms with Crippen molar-refractivity contribution in [3.8, 4) is 11.5 Å². The lowest BCUT2D eigenvalue weighted by Crippen LogP contribution is -2.65. The number of aliphatic hydroxyl groups is 2. The Kier molecular flexibility index (Phi) is 3.63. The third kappa shape index (κ3) is 2.14. The van der Waals surface area contributed by atoms with Gasteiger partial charge in [-0.25, -0.2) is 0 Å². The summed E-state index contributed by atoms with van der Waals surface area (Å²) in [7, 11) is 3.80. The minimum absolute atomic E-state index is 0.0403. The first-order chi connectivity index (χ1) is 12.5. The predicted octanol–water partition coefficient (Wildman–Crippen LogP) is 2.25. The summed E-state index contributed by atoms with van der Waals surface area (Å²) < 4.78 is 11.7. The van der Waals surface area contributed by atoms with Crippen LogP contribution in [0.1, 0.15) is 55.6 Å². The second-order valence-corrected chi connectivity index (χ2v) is 8.87. The lowest BCUT2D eigenvalue weighted by molar-refractivity contribution is -0.143. The Hall–Kier alpha value is -1.30. The summed E-state index contributed by atoms with van der Waals surface area (Å²) in [6.45, 7) is 3.26. The quantitative estimate of drug-likeness (QED) is 0.863. The lowest BCUT2D eigenvalue weighted by Gasteiger charge is -2.55. The van der Waals surface area contributed by atoms with E-state index in [1.165, 1.54) is 18.4 Å². The standard InChI is InChI=1S/C21H29NO4/c1-11-13-6-7-15(25-3)19-16(13)17-18(26-19)14(23)8-9-21(17,24)20(11)22(2)10-12-4-5-12/h6-7,11-12,14,17-18,20,23-24H,4-5,8-10H2,1-3H3/t11?,14?,17?,18?,20-,21+/m0/s1. The second kappa shape index (κ2) is 5.60. The Bertz CT molecular complexity index is 733. The maximum absolute atomic E-state index is 12.0. The lowest BCUT2D eigenvalue weighted by atomic mass is 9.58. The van der Waals surface area contributed by atoms with Gasteiger partial charge in [-0.15, -0.1) is 0 Å². The van der Waals surface area contributed by atoms with Crippen LogP contribution in [0.15, 0.2) is 12.1 Å². The van der Waals surface area contributed by atoms with Gasteiger partial charge < -0.3 is 19.7 Å². The van der Waals surface area contributed by atoms with Crippen LogP contribution in [0.2, 0.25) is 0 Å². The van der Waals surface area contributed by atoms with E-state index in [0.29, 0.717) is 18.6 Å². The summed E-state index contributed by atoms with van der Waals surface area (Å²) in [4.78, 5) is 2.38. The molecule has 1 aromatic rings. The molecule has 0 aromatic heterocycles. The Morgan fingerprint density at radius 3 is 2.77 bits per heavy atom. The average Bonchev–Trinajstić information content (AvgIpc) is 3.32. The molecule has 6 atom stereocenters. The Balaban J connectivity index is 1.66. The first-order valence-corrected chi connectivity index (χ1v) is 9.93. The largest absolute Gasteiger partial charge is 0.493 e. The minimum Gasteiger partial charge on any atom is -0.493 e. The molecule has 1 aromatic carbocycles. The summed E-state index contributed by atoms with van der Waals surface area (Å²) in [5.41, 5.74) is 1.43. The fourth-order valence-corrected chi connectivity index (χ4v) is 6.02. The van der Waals surface area contributed by atoms with Crippen LogP contribution >= 0.6 is 0 Å². The number of hydrogen-bond acceptors (Lipinski definition) is 5. The predicted molar refractivity (Wildman–Crippen MR) is 97.9 cm³/mol. The molecule has 0 saturated heterocycles. The number of hydrogen-bond donors (Lipinski definition) is 2. The number of ether oxygens (including phenoxy) is 2. The summed E-state index contributed by atoms with van der Waals surface area (Å²) in [5, 5.41) is 22.6. The van der Waals surface area contributed by atoms with Crippen LogP contribution in [0, 0.1) is 5.92 Å². The van der Waals surface area contributed by atoms with Crippen molar-refractivity contribution in [1.29, 1.82) is 0 Å². The molecular weight excluding hydrogens is 330 g/mol. The van der Waals surface area contributed by atoms with Crippen LogP contribution in [0.25, 0.3) is 0 Å². The SMILES string of the molecule is COc1ccc2c3c1OC1C(O)CC[C@@](O)(C31)[C@@H](N(C)CC1CC1)C2C. The minimum atomic E-state index is -0.877. The Labute approximate surface area is 154 Å². The molecule has 0 spiro atoms. The first kappa shape index (κ1) is 16.8. The van der Waals surface area contributed by atoms with E-state index in [1.807, 2.05) is 6.07 Å². The van der Waals surface area contributed by atoms with Crippen LogP contribution in [0.5, 0.6) is 11.5 Å². The van der Waals surface area contributed by atoms with Gasteiger partial charge in [0, 0.05) is 18.2 Å². The highest BCUT2D eigenvalue weighted by Crippen LogP contribution is 2.61. The van der Waals surface area contributed by atoms with Crippen molar-refractivity contribution in [2.24, 2.45) is 5.92 Å². The van der Waals surface area contributed by atoms with Crippen molar-refractivity contribution in [3.05, 3.63) is 23.3 Å². The third-order valence-electron chi connectivity index (χ3n) is 7.26. The molecule has 0 bridgehead atoms. The van der Waals surface area contributed by atoms with E-state index in [-0.39, 0.29) is 24.0 Å². The monoisotopic (exact) mass is 359 g/mol. The molecule has 3 aliphatic carbocycles. The second-order valence-electron chi connectivity index (χ2n) is 8.87. The molecule has 2 saturated carbocycles. The first-order valence-electron chi connectivity index (χ1n) is 9.93. The van der Waals surface area contributed by atoms with Gasteiger partial charge in [0.2, 0.25) is 0 Å². The smallest absolute Gasteiger partial charge is 0.165 e. The Morgan fingerprint density at radius 2 is 2.08 bits per heavy atom. The number of benzene rings is 1. The Morgan fingerprint density at radius 1 is 1.31 bits per heavy atom. The van der Waals surface area contributed by atoms with Gasteiger partial charge >= 0.3 is 0 Å². The van der Waals surface area contributed by atoms with Gasteiger partial charge in [0.15, 0.2) is 11.5 Å². The van der Waals surface area contributed by atoms with E-state index in [2.05, 4.69) is 24.9 Å². The summed E-state index contributed by atoms with van der Waals surface area (Å²) in [6.07, 6.45) is 2.85. The fraction of sp³-hybridized carbons (Fsp3) is 0.714. The number of nitrogens with zero attached hydrogens (tertiary/aromatic N) is 1. The number of rotatable bonds is 4. The van der Waals surface area contributed by atoms with E-state index < -0.39 is 11.7 Å². The van der Waals surface area contributed by atoms with Gasteiger partial charge in [-0.3, -0.25) is 4.90 Å². The molecule has 2 N–H and O–H groups in total. The van der Waals surface area contributed by atoms with E-state index in [9.17, 15) is 10.2 Å². The van der Waals surface area contributed by atoms with E-state index in [0.717, 1.165) is 23.8 Å². The van der Waals surface area contributed by atoms with Crippen molar-refractivity contribution in [3.63, 3.8) is 0 Å². The van der Waals surface area contributed by atoms with Crippen LogP contribution in [-0.2, 0) is 0 Å². The van der Waals surface area contributed by atoms with Crippen LogP contribution in [0.3, 0.4) is 0 Å². The molecule has 4 unspecified atom stereocenters. The summed E-state index contributed by atoms with van der Waals surface area (Å²) in [5.74, 6) is 2.22. The summed E-state index contributed by atoms with van der Waals surface area (Å²) >= 11 is 0.